The summed E-state index contributed by atoms with van der Waals surface area (Å²) in [5, 5.41) is 3.15. The van der Waals surface area contributed by atoms with Crippen LogP contribution in [0.2, 0.25) is 0 Å². The molecule has 0 radical (unpaired) electrons. The Morgan fingerprint density at radius 3 is 2.53 bits per heavy atom. The molecule has 0 aromatic heterocycles. The first-order valence-electron chi connectivity index (χ1n) is 6.61. The van der Waals surface area contributed by atoms with Gasteiger partial charge in [0.15, 0.2) is 0 Å². The molecule has 0 heterocycles. The van der Waals surface area contributed by atoms with Gasteiger partial charge in [0.2, 0.25) is 5.96 Å². The van der Waals surface area contributed by atoms with E-state index in [0.29, 0.717) is 25.1 Å². The Morgan fingerprint density at radius 2 is 2.00 bits per heavy atom. The quantitative estimate of drug-likeness (QED) is 0.318. The van der Waals surface area contributed by atoms with E-state index in [1.54, 1.807) is 0 Å². The summed E-state index contributed by atoms with van der Waals surface area (Å²) in [7, 11) is 0. The average Bonchev–Trinajstić information content (AvgIpc) is 2.42. The van der Waals surface area contributed by atoms with Crippen LogP contribution >= 0.6 is 0 Å². The average molecular weight is 264 g/mol. The lowest BCUT2D eigenvalue weighted by Gasteiger charge is -2.18. The minimum absolute atomic E-state index is 0.0715. The third-order valence-electron chi connectivity index (χ3n) is 2.73. The summed E-state index contributed by atoms with van der Waals surface area (Å²) in [5.74, 6) is 6.44. The predicted octanol–water partition coefficient (Wildman–Crippen LogP) is 1.98. The maximum atomic E-state index is 5.51. The molecular formula is C14H24N4O. The molecule has 1 rings (SSSR count). The minimum Gasteiger partial charge on any atom is -0.380 e. The Kier molecular flexibility index (Phi) is 6.92. The molecule has 0 aliphatic carbocycles. The molecular weight excluding hydrogens is 240 g/mol. The zero-order valence-electron chi connectivity index (χ0n) is 11.9. The molecule has 0 aliphatic rings. The zero-order valence-corrected chi connectivity index (χ0v) is 11.9. The van der Waals surface area contributed by atoms with Crippen molar-refractivity contribution < 1.29 is 4.74 Å². The lowest BCUT2D eigenvalue weighted by Crippen LogP contribution is -2.38. The molecule has 4 N–H and O–H groups in total. The van der Waals surface area contributed by atoms with Crippen molar-refractivity contribution in [1.29, 1.82) is 0 Å². The number of anilines is 1. The Bertz CT molecular complexity index is 378. The number of nitrogens with one attached hydrogen (secondary N) is 2. The van der Waals surface area contributed by atoms with Gasteiger partial charge in [0, 0.05) is 12.3 Å². The first-order chi connectivity index (χ1) is 9.17. The fourth-order valence-electron chi connectivity index (χ4n) is 1.55. The third-order valence-corrected chi connectivity index (χ3v) is 2.73. The molecule has 1 aromatic carbocycles. The van der Waals surface area contributed by atoms with Crippen molar-refractivity contribution in [2.75, 3.05) is 18.5 Å². The van der Waals surface area contributed by atoms with Gasteiger partial charge in [0.25, 0.3) is 0 Å². The molecule has 0 aliphatic heterocycles. The molecule has 106 valence electrons. The van der Waals surface area contributed by atoms with Gasteiger partial charge in [0.05, 0.1) is 12.6 Å². The number of hydrogen-bond donors (Lipinski definition) is 3. The normalized spacial score (nSPS) is 13.4. The number of ether oxygens (including phenoxy) is 1. The first-order valence-corrected chi connectivity index (χ1v) is 6.61. The van der Waals surface area contributed by atoms with E-state index >= 15 is 0 Å². The molecule has 0 fully saturated rings. The van der Waals surface area contributed by atoms with Crippen LogP contribution in [0.15, 0.2) is 35.3 Å². The number of guanidine groups is 1. The van der Waals surface area contributed by atoms with E-state index in [1.165, 1.54) is 0 Å². The molecule has 0 amide bonds. The van der Waals surface area contributed by atoms with Gasteiger partial charge in [-0.25, -0.2) is 10.8 Å². The van der Waals surface area contributed by atoms with Crippen LogP contribution in [-0.2, 0) is 4.74 Å². The van der Waals surface area contributed by atoms with Crippen molar-refractivity contribution in [3.05, 3.63) is 30.3 Å². The molecule has 1 unspecified atom stereocenters. The summed E-state index contributed by atoms with van der Waals surface area (Å²) in [6.07, 6.45) is 0. The van der Waals surface area contributed by atoms with E-state index in [2.05, 4.69) is 29.6 Å². The fraction of sp³-hybridized carbons (Fsp3) is 0.500. The fourth-order valence-corrected chi connectivity index (χ4v) is 1.55. The van der Waals surface area contributed by atoms with Crippen LogP contribution in [0.4, 0.5) is 5.69 Å². The summed E-state index contributed by atoms with van der Waals surface area (Å²) in [4.78, 5) is 4.57. The number of benzene rings is 1. The van der Waals surface area contributed by atoms with Crippen molar-refractivity contribution in [3.63, 3.8) is 0 Å². The van der Waals surface area contributed by atoms with Gasteiger partial charge in [-0.2, -0.15) is 0 Å². The summed E-state index contributed by atoms with van der Waals surface area (Å²) < 4.78 is 5.45. The number of hydrazine groups is 1. The molecule has 19 heavy (non-hydrogen) atoms. The van der Waals surface area contributed by atoms with E-state index < -0.39 is 0 Å². The van der Waals surface area contributed by atoms with E-state index in [4.69, 9.17) is 10.6 Å². The zero-order chi connectivity index (χ0) is 14.1. The summed E-state index contributed by atoms with van der Waals surface area (Å²) >= 11 is 0. The lowest BCUT2D eigenvalue weighted by atomic mass is 10.1. The summed E-state index contributed by atoms with van der Waals surface area (Å²) in [6.45, 7) is 7.49. The second kappa shape index (κ2) is 8.50. The SMILES string of the molecule is CCOCC(N=C(NN)Nc1ccccc1)C(C)C. The van der Waals surface area contributed by atoms with Crippen LogP contribution in [0.3, 0.4) is 0 Å². The molecule has 5 nitrogen and oxygen atoms in total. The highest BCUT2D eigenvalue weighted by Gasteiger charge is 2.13. The topological polar surface area (TPSA) is 71.7 Å². The van der Waals surface area contributed by atoms with Crippen LogP contribution in [0.25, 0.3) is 0 Å². The number of nitrogens with zero attached hydrogens (tertiary/aromatic N) is 1. The summed E-state index contributed by atoms with van der Waals surface area (Å²) in [6, 6.07) is 9.86. The highest BCUT2D eigenvalue weighted by Crippen LogP contribution is 2.09. The third kappa shape index (κ3) is 5.72. The van der Waals surface area contributed by atoms with Crippen LogP contribution in [0.1, 0.15) is 20.8 Å². The van der Waals surface area contributed by atoms with Crippen LogP contribution in [0, 0.1) is 5.92 Å². The highest BCUT2D eigenvalue weighted by atomic mass is 16.5. The van der Waals surface area contributed by atoms with Crippen molar-refractivity contribution in [3.8, 4) is 0 Å². The van der Waals surface area contributed by atoms with E-state index in [9.17, 15) is 0 Å². The molecule has 0 spiro atoms. The Hall–Kier alpha value is -1.59. The Labute approximate surface area is 115 Å². The molecule has 0 saturated carbocycles. The van der Waals surface area contributed by atoms with Crippen molar-refractivity contribution in [2.24, 2.45) is 16.8 Å². The largest absolute Gasteiger partial charge is 0.380 e. The maximum Gasteiger partial charge on any atom is 0.210 e. The van der Waals surface area contributed by atoms with Gasteiger partial charge in [-0.3, -0.25) is 5.43 Å². The Balaban J connectivity index is 2.72. The van der Waals surface area contributed by atoms with Crippen molar-refractivity contribution >= 4 is 11.6 Å². The van der Waals surface area contributed by atoms with Gasteiger partial charge in [-0.1, -0.05) is 32.0 Å². The van der Waals surface area contributed by atoms with Crippen molar-refractivity contribution in [2.45, 2.75) is 26.8 Å². The first kappa shape index (κ1) is 15.5. The van der Waals surface area contributed by atoms with E-state index in [0.717, 1.165) is 5.69 Å². The summed E-state index contributed by atoms with van der Waals surface area (Å²) in [5.41, 5.74) is 3.54. The molecule has 5 heteroatoms. The lowest BCUT2D eigenvalue weighted by molar-refractivity contribution is 0.122. The van der Waals surface area contributed by atoms with Crippen LogP contribution in [-0.4, -0.2) is 25.2 Å². The van der Waals surface area contributed by atoms with Gasteiger partial charge in [-0.15, -0.1) is 0 Å². The smallest absolute Gasteiger partial charge is 0.210 e. The van der Waals surface area contributed by atoms with Gasteiger partial charge in [0.1, 0.15) is 0 Å². The Morgan fingerprint density at radius 1 is 1.32 bits per heavy atom. The number of para-hydroxylation sites is 1. The second-order valence-corrected chi connectivity index (χ2v) is 4.58. The number of hydrogen-bond acceptors (Lipinski definition) is 3. The van der Waals surface area contributed by atoms with Crippen molar-refractivity contribution in [1.82, 2.24) is 5.43 Å². The van der Waals surface area contributed by atoms with E-state index in [-0.39, 0.29) is 6.04 Å². The van der Waals surface area contributed by atoms with Gasteiger partial charge < -0.3 is 10.1 Å². The second-order valence-electron chi connectivity index (χ2n) is 4.58. The predicted molar refractivity (Wildman–Crippen MR) is 79.9 cm³/mol. The molecule has 0 bridgehead atoms. The monoisotopic (exact) mass is 264 g/mol. The van der Waals surface area contributed by atoms with Gasteiger partial charge in [-0.05, 0) is 25.0 Å². The van der Waals surface area contributed by atoms with Crippen LogP contribution < -0.4 is 16.6 Å². The number of rotatable bonds is 6. The molecule has 1 atom stereocenters. The van der Waals surface area contributed by atoms with Crippen LogP contribution in [0.5, 0.6) is 0 Å². The standard InChI is InChI=1S/C14H24N4O/c1-4-19-10-13(11(2)3)17-14(18-15)16-12-8-6-5-7-9-12/h5-9,11,13H,4,10,15H2,1-3H3,(H2,16,17,18). The number of nitrogens with two attached hydrogens (primary N) is 1. The highest BCUT2D eigenvalue weighted by molar-refractivity contribution is 5.93. The molecule has 1 aromatic rings. The van der Waals surface area contributed by atoms with Gasteiger partial charge >= 0.3 is 0 Å². The molecule has 0 saturated heterocycles. The number of aliphatic imine (C=N–C) groups is 1. The minimum atomic E-state index is 0.0715. The van der Waals surface area contributed by atoms with E-state index in [1.807, 2.05) is 37.3 Å². The maximum absolute atomic E-state index is 5.51.